The van der Waals surface area contributed by atoms with E-state index in [2.05, 4.69) is 12.1 Å². The molecule has 0 radical (unpaired) electrons. The van der Waals surface area contributed by atoms with Crippen LogP contribution >= 0.6 is 0 Å². The van der Waals surface area contributed by atoms with Crippen molar-refractivity contribution < 1.29 is 47.3 Å². The minimum atomic E-state index is -1.05. The normalized spacial score (nSPS) is 29.8. The van der Waals surface area contributed by atoms with Crippen molar-refractivity contribution in [2.45, 2.75) is 77.5 Å². The summed E-state index contributed by atoms with van der Waals surface area (Å²) in [5.41, 5.74) is 3.61. The molecule has 1 saturated heterocycles. The number of amides is 1. The number of nitrogens with zero attached hydrogens (tertiary/aromatic N) is 1. The molecule has 1 aromatic heterocycles. The maximum atomic E-state index is 14.3. The van der Waals surface area contributed by atoms with Crippen LogP contribution < -0.4 is 0 Å². The Bertz CT molecular complexity index is 1840. The van der Waals surface area contributed by atoms with Gasteiger partial charge in [0.05, 0.1) is 25.1 Å². The summed E-state index contributed by atoms with van der Waals surface area (Å²) in [7, 11) is 1.50. The number of ketones is 1. The fourth-order valence-corrected chi connectivity index (χ4v) is 9.64. The Morgan fingerprint density at radius 3 is 2.25 bits per heavy atom. The number of hydrogen-bond donors (Lipinski definition) is 0. The molecule has 0 bridgehead atoms. The van der Waals surface area contributed by atoms with Crippen molar-refractivity contribution in [3.63, 3.8) is 0 Å². The quantitative estimate of drug-likeness (QED) is 0.185. The molecule has 274 valence electrons. The lowest BCUT2D eigenvalue weighted by atomic mass is 9.43. The van der Waals surface area contributed by atoms with Gasteiger partial charge >= 0.3 is 24.0 Å². The third-order valence-electron chi connectivity index (χ3n) is 12.5. The summed E-state index contributed by atoms with van der Waals surface area (Å²) in [6.07, 6.45) is 2.32. The average molecular weight is 712 g/mol. The summed E-state index contributed by atoms with van der Waals surface area (Å²) in [6, 6.07) is 16.9. The van der Waals surface area contributed by atoms with Crippen LogP contribution in [0.5, 0.6) is 0 Å². The molecular formula is C41H45NO10. The molecule has 52 heavy (non-hydrogen) atoms. The summed E-state index contributed by atoms with van der Waals surface area (Å²) in [4.78, 5) is 67.9. The molecule has 11 heteroatoms. The van der Waals surface area contributed by atoms with Gasteiger partial charge in [0.25, 0.3) is 0 Å². The highest BCUT2D eigenvalue weighted by Crippen LogP contribution is 2.65. The van der Waals surface area contributed by atoms with Crippen molar-refractivity contribution in [3.05, 3.63) is 83.8 Å². The van der Waals surface area contributed by atoms with E-state index in [1.807, 2.05) is 50.2 Å². The number of likely N-dealkylation sites (N-methyl/N-ethyl adjacent to an activating group) is 1. The van der Waals surface area contributed by atoms with Gasteiger partial charge in [-0.2, -0.15) is 0 Å². The fraction of sp³-hybridized carbons (Fsp3) is 0.488. The Hall–Kier alpha value is -4.93. The van der Waals surface area contributed by atoms with Crippen LogP contribution in [0.25, 0.3) is 11.1 Å². The van der Waals surface area contributed by atoms with Crippen LogP contribution in [0, 0.1) is 28.6 Å². The molecule has 7 rings (SSSR count). The number of carbonyl (C=O) groups is 5. The van der Waals surface area contributed by atoms with Gasteiger partial charge in [0.15, 0.2) is 11.9 Å². The number of fused-ring (bicyclic) bond motifs is 6. The first kappa shape index (κ1) is 35.5. The Kier molecular flexibility index (Phi) is 9.25. The molecule has 4 aliphatic rings. The highest BCUT2D eigenvalue weighted by atomic mass is 16.6. The van der Waals surface area contributed by atoms with Crippen LogP contribution in [0.15, 0.2) is 71.5 Å². The zero-order valence-electron chi connectivity index (χ0n) is 30.2. The molecule has 11 nitrogen and oxygen atoms in total. The number of rotatable bonds is 8. The molecule has 8 atom stereocenters. The summed E-state index contributed by atoms with van der Waals surface area (Å²) < 4.78 is 28.4. The van der Waals surface area contributed by atoms with E-state index in [-0.39, 0.29) is 43.2 Å². The first-order chi connectivity index (χ1) is 24.8. The van der Waals surface area contributed by atoms with Gasteiger partial charge in [-0.3, -0.25) is 19.3 Å². The van der Waals surface area contributed by atoms with Crippen molar-refractivity contribution >= 4 is 29.8 Å². The molecular weight excluding hydrogens is 666 g/mol. The van der Waals surface area contributed by atoms with Gasteiger partial charge in [0, 0.05) is 37.3 Å². The molecule has 2 heterocycles. The van der Waals surface area contributed by atoms with Crippen LogP contribution in [-0.4, -0.2) is 67.1 Å². The molecule has 3 aliphatic carbocycles. The van der Waals surface area contributed by atoms with Gasteiger partial charge < -0.3 is 23.4 Å². The van der Waals surface area contributed by atoms with Crippen LogP contribution in [0.2, 0.25) is 0 Å². The molecule has 2 aromatic carbocycles. The largest absolute Gasteiger partial charge is 0.472 e. The first-order valence-corrected chi connectivity index (χ1v) is 18.0. The number of cyclic esters (lactones) is 1. The van der Waals surface area contributed by atoms with Crippen molar-refractivity contribution in [2.24, 2.45) is 28.6 Å². The van der Waals surface area contributed by atoms with E-state index in [1.54, 1.807) is 13.0 Å². The lowest BCUT2D eigenvalue weighted by Gasteiger charge is -2.61. The van der Waals surface area contributed by atoms with Gasteiger partial charge in [-0.05, 0) is 71.8 Å². The number of esters is 3. The number of furan rings is 1. The number of carbonyl (C=O) groups excluding carboxylic acids is 5. The Morgan fingerprint density at radius 2 is 1.62 bits per heavy atom. The molecule has 0 spiro atoms. The van der Waals surface area contributed by atoms with Crippen LogP contribution in [0.4, 0.5) is 4.79 Å². The smallest absolute Gasteiger partial charge is 0.410 e. The SMILES string of the molecule is CC(=O)O[C@H]1C[C@@H](COC(=O)C(C)N(C)C(=O)OCC2c3ccccc3-c3ccccc32)[C@]2(C)CC[C@H]3C(=O)O[C@H](c4ccoc4)C[C@]3(C)[C@H]2C1=O. The van der Waals surface area contributed by atoms with Gasteiger partial charge in [0.2, 0.25) is 0 Å². The summed E-state index contributed by atoms with van der Waals surface area (Å²) in [6.45, 7) is 6.86. The van der Waals surface area contributed by atoms with Gasteiger partial charge in [-0.25, -0.2) is 9.59 Å². The van der Waals surface area contributed by atoms with Crippen molar-refractivity contribution in [3.8, 4) is 11.1 Å². The number of hydrogen-bond acceptors (Lipinski definition) is 10. The summed E-state index contributed by atoms with van der Waals surface area (Å²) >= 11 is 0. The molecule has 1 amide bonds. The lowest BCUT2D eigenvalue weighted by Crippen LogP contribution is -2.64. The van der Waals surface area contributed by atoms with E-state index in [9.17, 15) is 24.0 Å². The van der Waals surface area contributed by atoms with E-state index >= 15 is 0 Å². The molecule has 1 aliphatic heterocycles. The van der Waals surface area contributed by atoms with Crippen molar-refractivity contribution in [1.29, 1.82) is 0 Å². The maximum Gasteiger partial charge on any atom is 0.410 e. The second-order valence-electron chi connectivity index (χ2n) is 15.4. The average Bonchev–Trinajstić information content (AvgIpc) is 3.77. The van der Waals surface area contributed by atoms with Gasteiger partial charge in [0.1, 0.15) is 18.8 Å². The Morgan fingerprint density at radius 1 is 0.942 bits per heavy atom. The number of Topliss-reactive ketones (excluding diaryl/α,β-unsaturated/α-hetero) is 1. The lowest BCUT2D eigenvalue weighted by molar-refractivity contribution is -0.210. The minimum absolute atomic E-state index is 0.0594. The highest BCUT2D eigenvalue weighted by Gasteiger charge is 2.66. The zero-order valence-corrected chi connectivity index (χ0v) is 30.2. The molecule has 2 saturated carbocycles. The highest BCUT2D eigenvalue weighted by molar-refractivity contribution is 5.91. The fourth-order valence-electron chi connectivity index (χ4n) is 9.64. The zero-order chi connectivity index (χ0) is 36.9. The number of ether oxygens (including phenoxy) is 4. The second kappa shape index (κ2) is 13.6. The van der Waals surface area contributed by atoms with Crippen LogP contribution in [0.1, 0.15) is 82.1 Å². The van der Waals surface area contributed by atoms with Crippen LogP contribution in [-0.2, 0) is 38.1 Å². The Labute approximate surface area is 302 Å². The monoisotopic (exact) mass is 711 g/mol. The molecule has 3 aromatic rings. The van der Waals surface area contributed by atoms with Crippen molar-refractivity contribution in [2.75, 3.05) is 20.3 Å². The van der Waals surface area contributed by atoms with Gasteiger partial charge in [-0.15, -0.1) is 0 Å². The molecule has 1 unspecified atom stereocenters. The summed E-state index contributed by atoms with van der Waals surface area (Å²) in [5, 5.41) is 0. The van der Waals surface area contributed by atoms with E-state index in [0.717, 1.165) is 22.3 Å². The molecule has 0 N–H and O–H groups in total. The van der Waals surface area contributed by atoms with E-state index in [0.29, 0.717) is 24.8 Å². The second-order valence-corrected chi connectivity index (χ2v) is 15.4. The van der Waals surface area contributed by atoms with E-state index < -0.39 is 58.9 Å². The molecule has 3 fully saturated rings. The first-order valence-electron chi connectivity index (χ1n) is 18.0. The summed E-state index contributed by atoms with van der Waals surface area (Å²) in [5.74, 6) is -3.51. The Balaban J connectivity index is 1.05. The maximum absolute atomic E-state index is 14.3. The minimum Gasteiger partial charge on any atom is -0.472 e. The van der Waals surface area contributed by atoms with E-state index in [4.69, 9.17) is 23.4 Å². The van der Waals surface area contributed by atoms with Crippen LogP contribution in [0.3, 0.4) is 0 Å². The third-order valence-corrected chi connectivity index (χ3v) is 12.5. The topological polar surface area (TPSA) is 139 Å². The standard InChI is InChI=1S/C41H45NO10/c1-23(42(5)39(47)50-22-31-29-12-8-6-10-27(29)28-11-7-9-13-30(28)31)37(45)49-21-26-18-33(51-24(2)43)35(44)36-40(26,3)16-14-32-38(46)52-34(19-41(32,36)4)25-15-17-48-20-25/h6-13,15,17,20,23,26,31-34,36H,14,16,18-19,21-22H2,1-5H3/t23?,26-,32-,33-,34-,36-,40-,41-/m0/s1. The van der Waals surface area contributed by atoms with E-state index in [1.165, 1.54) is 31.4 Å². The number of benzene rings is 2. The predicted octanol–water partition coefficient (Wildman–Crippen LogP) is 6.64. The van der Waals surface area contributed by atoms with Gasteiger partial charge in [-0.1, -0.05) is 62.4 Å². The third kappa shape index (κ3) is 5.97. The van der Waals surface area contributed by atoms with Crippen molar-refractivity contribution in [1.82, 2.24) is 4.90 Å². The predicted molar refractivity (Wildman–Crippen MR) is 187 cm³/mol.